The predicted molar refractivity (Wildman–Crippen MR) is 68.0 cm³/mol. The molecule has 1 atom stereocenters. The van der Waals surface area contributed by atoms with E-state index in [4.69, 9.17) is 4.74 Å². The smallest absolute Gasteiger partial charge is 0.0559 e. The molecular formula is C13H23N3O. The molecular weight excluding hydrogens is 214 g/mol. The van der Waals surface area contributed by atoms with E-state index in [1.807, 2.05) is 13.2 Å². The molecule has 1 unspecified atom stereocenters. The van der Waals surface area contributed by atoms with Gasteiger partial charge in [0.1, 0.15) is 0 Å². The van der Waals surface area contributed by atoms with Gasteiger partial charge in [0.2, 0.25) is 0 Å². The van der Waals surface area contributed by atoms with E-state index < -0.39 is 0 Å². The molecule has 0 aliphatic carbocycles. The molecule has 1 aliphatic heterocycles. The Morgan fingerprint density at radius 3 is 2.71 bits per heavy atom. The van der Waals surface area contributed by atoms with Crippen molar-refractivity contribution < 1.29 is 4.74 Å². The topological polar surface area (TPSA) is 39.1 Å². The summed E-state index contributed by atoms with van der Waals surface area (Å²) in [6, 6.07) is 2.94. The summed E-state index contributed by atoms with van der Waals surface area (Å²) in [5.74, 6) is 0.656. The molecule has 2 rings (SSSR count). The van der Waals surface area contributed by atoms with Crippen molar-refractivity contribution in [2.45, 2.75) is 38.8 Å². The lowest BCUT2D eigenvalue weighted by atomic mass is 9.89. The van der Waals surface area contributed by atoms with Gasteiger partial charge in [-0.3, -0.25) is 4.68 Å². The number of ether oxygens (including phenoxy) is 1. The van der Waals surface area contributed by atoms with Crippen molar-refractivity contribution in [1.82, 2.24) is 15.1 Å². The van der Waals surface area contributed by atoms with Crippen LogP contribution in [-0.4, -0.2) is 30.0 Å². The van der Waals surface area contributed by atoms with Gasteiger partial charge in [-0.2, -0.15) is 5.10 Å². The van der Waals surface area contributed by atoms with Crippen LogP contribution in [0.25, 0.3) is 0 Å². The third kappa shape index (κ3) is 2.69. The first-order chi connectivity index (χ1) is 8.24. The summed E-state index contributed by atoms with van der Waals surface area (Å²) in [6.07, 6.45) is 4.17. The molecule has 0 radical (unpaired) electrons. The second-order valence-electron chi connectivity index (χ2n) is 5.01. The molecule has 0 bridgehead atoms. The average molecular weight is 237 g/mol. The van der Waals surface area contributed by atoms with Crippen LogP contribution >= 0.6 is 0 Å². The molecule has 1 aromatic heterocycles. The van der Waals surface area contributed by atoms with Gasteiger partial charge in [-0.05, 0) is 45.7 Å². The van der Waals surface area contributed by atoms with Crippen LogP contribution in [0, 0.1) is 5.92 Å². The fourth-order valence-corrected chi connectivity index (χ4v) is 2.68. The van der Waals surface area contributed by atoms with Crippen LogP contribution < -0.4 is 5.32 Å². The normalized spacial score (nSPS) is 19.8. The molecule has 17 heavy (non-hydrogen) atoms. The van der Waals surface area contributed by atoms with E-state index in [0.717, 1.165) is 26.1 Å². The number of hydrogen-bond acceptors (Lipinski definition) is 3. The SMILES string of the molecule is CNC(c1ccnn1C(C)C)C1CCOCC1. The number of nitrogens with zero attached hydrogens (tertiary/aromatic N) is 2. The highest BCUT2D eigenvalue weighted by Crippen LogP contribution is 2.30. The van der Waals surface area contributed by atoms with Crippen LogP contribution in [0.3, 0.4) is 0 Å². The zero-order chi connectivity index (χ0) is 12.3. The highest BCUT2D eigenvalue weighted by Gasteiger charge is 2.26. The zero-order valence-corrected chi connectivity index (χ0v) is 11.0. The number of rotatable bonds is 4. The molecule has 1 fully saturated rings. The molecule has 4 heteroatoms. The predicted octanol–water partition coefficient (Wildman–Crippen LogP) is 2.15. The van der Waals surface area contributed by atoms with E-state index in [1.165, 1.54) is 5.69 Å². The molecule has 1 saturated heterocycles. The van der Waals surface area contributed by atoms with E-state index in [9.17, 15) is 0 Å². The van der Waals surface area contributed by atoms with Crippen molar-refractivity contribution in [3.05, 3.63) is 18.0 Å². The van der Waals surface area contributed by atoms with Gasteiger partial charge in [0.25, 0.3) is 0 Å². The summed E-state index contributed by atoms with van der Waals surface area (Å²) < 4.78 is 7.56. The Balaban J connectivity index is 2.18. The molecule has 0 amide bonds. The van der Waals surface area contributed by atoms with Gasteiger partial charge in [-0.1, -0.05) is 0 Å². The highest BCUT2D eigenvalue weighted by molar-refractivity contribution is 5.09. The average Bonchev–Trinajstić information content (AvgIpc) is 2.81. The Hall–Kier alpha value is -0.870. The number of nitrogens with one attached hydrogen (secondary N) is 1. The Morgan fingerprint density at radius 1 is 1.41 bits per heavy atom. The van der Waals surface area contributed by atoms with Gasteiger partial charge in [0, 0.05) is 25.5 Å². The molecule has 0 spiro atoms. The first kappa shape index (κ1) is 12.6. The van der Waals surface area contributed by atoms with Gasteiger partial charge < -0.3 is 10.1 Å². The summed E-state index contributed by atoms with van der Waals surface area (Å²) in [4.78, 5) is 0. The van der Waals surface area contributed by atoms with Gasteiger partial charge in [-0.15, -0.1) is 0 Å². The van der Waals surface area contributed by atoms with Crippen molar-refractivity contribution in [3.8, 4) is 0 Å². The first-order valence-corrected chi connectivity index (χ1v) is 6.52. The van der Waals surface area contributed by atoms with Crippen LogP contribution in [0.1, 0.15) is 44.5 Å². The van der Waals surface area contributed by atoms with Crippen LogP contribution in [0.4, 0.5) is 0 Å². The molecule has 96 valence electrons. The Kier molecular flexibility index (Phi) is 4.18. The quantitative estimate of drug-likeness (QED) is 0.872. The van der Waals surface area contributed by atoms with E-state index in [-0.39, 0.29) is 0 Å². The summed E-state index contributed by atoms with van der Waals surface area (Å²) in [5, 5.41) is 7.88. The lowest BCUT2D eigenvalue weighted by molar-refractivity contribution is 0.0533. The molecule has 0 aromatic carbocycles. The monoisotopic (exact) mass is 237 g/mol. The van der Waals surface area contributed by atoms with Gasteiger partial charge >= 0.3 is 0 Å². The molecule has 1 aromatic rings. The third-order valence-electron chi connectivity index (χ3n) is 3.56. The highest BCUT2D eigenvalue weighted by atomic mass is 16.5. The fraction of sp³-hybridized carbons (Fsp3) is 0.769. The Morgan fingerprint density at radius 2 is 2.12 bits per heavy atom. The summed E-state index contributed by atoms with van der Waals surface area (Å²) in [6.45, 7) is 6.12. The first-order valence-electron chi connectivity index (χ1n) is 6.52. The Bertz CT molecular complexity index is 342. The summed E-state index contributed by atoms with van der Waals surface area (Å²) >= 11 is 0. The second kappa shape index (κ2) is 5.65. The van der Waals surface area contributed by atoms with Crippen LogP contribution in [0.2, 0.25) is 0 Å². The summed E-state index contributed by atoms with van der Waals surface area (Å²) in [5.41, 5.74) is 1.30. The van der Waals surface area contributed by atoms with Crippen molar-refractivity contribution in [2.75, 3.05) is 20.3 Å². The fourth-order valence-electron chi connectivity index (χ4n) is 2.68. The minimum atomic E-state index is 0.392. The number of hydrogen-bond donors (Lipinski definition) is 1. The van der Waals surface area contributed by atoms with E-state index in [1.54, 1.807) is 0 Å². The lowest BCUT2D eigenvalue weighted by Gasteiger charge is -2.31. The second-order valence-corrected chi connectivity index (χ2v) is 5.01. The lowest BCUT2D eigenvalue weighted by Crippen LogP contribution is -2.32. The summed E-state index contributed by atoms with van der Waals surface area (Å²) in [7, 11) is 2.04. The zero-order valence-electron chi connectivity index (χ0n) is 11.0. The van der Waals surface area contributed by atoms with Crippen LogP contribution in [0.5, 0.6) is 0 Å². The van der Waals surface area contributed by atoms with Gasteiger partial charge in [0.05, 0.1) is 11.7 Å². The van der Waals surface area contributed by atoms with E-state index in [0.29, 0.717) is 18.0 Å². The molecule has 4 nitrogen and oxygen atoms in total. The van der Waals surface area contributed by atoms with Crippen LogP contribution in [-0.2, 0) is 4.74 Å². The van der Waals surface area contributed by atoms with E-state index in [2.05, 4.69) is 35.0 Å². The maximum absolute atomic E-state index is 5.44. The van der Waals surface area contributed by atoms with Crippen molar-refractivity contribution in [3.63, 3.8) is 0 Å². The molecule has 1 aliphatic rings. The molecule has 2 heterocycles. The standard InChI is InChI=1S/C13H23N3O/c1-10(2)16-12(4-7-15-16)13(14-3)11-5-8-17-9-6-11/h4,7,10-11,13-14H,5-6,8-9H2,1-3H3. The Labute approximate surface area is 103 Å². The molecule has 1 N–H and O–H groups in total. The van der Waals surface area contributed by atoms with Gasteiger partial charge in [-0.25, -0.2) is 0 Å². The van der Waals surface area contributed by atoms with Crippen molar-refractivity contribution >= 4 is 0 Å². The van der Waals surface area contributed by atoms with E-state index >= 15 is 0 Å². The largest absolute Gasteiger partial charge is 0.381 e. The third-order valence-corrected chi connectivity index (χ3v) is 3.56. The van der Waals surface area contributed by atoms with Crippen LogP contribution in [0.15, 0.2) is 12.3 Å². The maximum atomic E-state index is 5.44. The minimum absolute atomic E-state index is 0.392. The maximum Gasteiger partial charge on any atom is 0.0559 e. The van der Waals surface area contributed by atoms with Gasteiger partial charge in [0.15, 0.2) is 0 Å². The van der Waals surface area contributed by atoms with Crippen molar-refractivity contribution in [2.24, 2.45) is 5.92 Å². The minimum Gasteiger partial charge on any atom is -0.381 e. The molecule has 0 saturated carbocycles. The van der Waals surface area contributed by atoms with Crippen molar-refractivity contribution in [1.29, 1.82) is 0 Å². The number of aromatic nitrogens is 2.